The fourth-order valence-electron chi connectivity index (χ4n) is 3.47. The molecule has 1 saturated heterocycles. The lowest BCUT2D eigenvalue weighted by molar-refractivity contribution is -0.123. The van der Waals surface area contributed by atoms with Crippen LogP contribution in [0, 0.1) is 0 Å². The summed E-state index contributed by atoms with van der Waals surface area (Å²) in [6, 6.07) is 16.6. The largest absolute Gasteiger partial charge is 0.475 e. The van der Waals surface area contributed by atoms with Gasteiger partial charge in [-0.2, -0.15) is 4.52 Å². The first-order valence-corrected chi connectivity index (χ1v) is 10.0. The van der Waals surface area contributed by atoms with Gasteiger partial charge in [-0.3, -0.25) is 4.79 Å². The van der Waals surface area contributed by atoms with E-state index in [0.717, 1.165) is 11.3 Å². The second kappa shape index (κ2) is 8.54. The van der Waals surface area contributed by atoms with Crippen LogP contribution in [0.3, 0.4) is 0 Å². The standard InChI is InChI=1S/C21H21N7O3/c29-21(16-13-15(23-24-16)17-7-4-11-30-17)22-10-12-31-19-9-8-18-25-26-20(28(18)27-19)14-5-2-1-3-6-14/h1-9,11,15-16,23-24H,10,12-13H2,(H,22,29). The van der Waals surface area contributed by atoms with Gasteiger partial charge in [-0.25, -0.2) is 10.9 Å². The average molecular weight is 419 g/mol. The zero-order valence-electron chi connectivity index (χ0n) is 16.6. The molecule has 158 valence electrons. The normalized spacial score (nSPS) is 18.3. The molecule has 0 saturated carbocycles. The van der Waals surface area contributed by atoms with Crippen LogP contribution in [0.2, 0.25) is 0 Å². The number of carbonyl (C=O) groups is 1. The lowest BCUT2D eigenvalue weighted by Crippen LogP contribution is -2.44. The van der Waals surface area contributed by atoms with E-state index in [0.29, 0.717) is 30.3 Å². The fraction of sp³-hybridized carbons (Fsp3) is 0.238. The zero-order chi connectivity index (χ0) is 21.0. The van der Waals surface area contributed by atoms with Crippen LogP contribution in [0.4, 0.5) is 0 Å². The Morgan fingerprint density at radius 2 is 2.03 bits per heavy atom. The summed E-state index contributed by atoms with van der Waals surface area (Å²) in [4.78, 5) is 12.4. The summed E-state index contributed by atoms with van der Waals surface area (Å²) < 4.78 is 12.7. The number of furan rings is 1. The minimum Gasteiger partial charge on any atom is -0.475 e. The quantitative estimate of drug-likeness (QED) is 0.386. The molecule has 1 amide bonds. The first-order chi connectivity index (χ1) is 15.3. The van der Waals surface area contributed by atoms with Crippen molar-refractivity contribution in [3.8, 4) is 17.3 Å². The van der Waals surface area contributed by atoms with Crippen molar-refractivity contribution in [1.29, 1.82) is 0 Å². The molecule has 5 rings (SSSR count). The number of hydrazine groups is 1. The molecule has 0 spiro atoms. The summed E-state index contributed by atoms with van der Waals surface area (Å²) in [5.74, 6) is 1.77. The Morgan fingerprint density at radius 1 is 1.13 bits per heavy atom. The Hall–Kier alpha value is -3.76. The summed E-state index contributed by atoms with van der Waals surface area (Å²) in [5, 5.41) is 15.7. The van der Waals surface area contributed by atoms with Gasteiger partial charge in [0.2, 0.25) is 11.8 Å². The van der Waals surface area contributed by atoms with Crippen molar-refractivity contribution in [2.75, 3.05) is 13.2 Å². The highest BCUT2D eigenvalue weighted by molar-refractivity contribution is 5.82. The van der Waals surface area contributed by atoms with E-state index in [1.165, 1.54) is 0 Å². The number of nitrogens with zero attached hydrogens (tertiary/aromatic N) is 4. The third-order valence-corrected chi connectivity index (χ3v) is 5.03. The van der Waals surface area contributed by atoms with Crippen molar-refractivity contribution in [1.82, 2.24) is 36.0 Å². The van der Waals surface area contributed by atoms with Crippen LogP contribution < -0.4 is 20.9 Å². The van der Waals surface area contributed by atoms with E-state index in [2.05, 4.69) is 31.5 Å². The maximum atomic E-state index is 12.4. The summed E-state index contributed by atoms with van der Waals surface area (Å²) in [7, 11) is 0. The van der Waals surface area contributed by atoms with E-state index in [4.69, 9.17) is 9.15 Å². The molecule has 1 aliphatic heterocycles. The number of aromatic nitrogens is 4. The van der Waals surface area contributed by atoms with Crippen LogP contribution in [0.1, 0.15) is 18.2 Å². The van der Waals surface area contributed by atoms with Crippen molar-refractivity contribution in [3.63, 3.8) is 0 Å². The molecule has 10 heteroatoms. The molecule has 0 bridgehead atoms. The summed E-state index contributed by atoms with van der Waals surface area (Å²) in [5.41, 5.74) is 7.62. The molecule has 3 aromatic heterocycles. The second-order valence-electron chi connectivity index (χ2n) is 7.12. The first kappa shape index (κ1) is 19.2. The van der Waals surface area contributed by atoms with Gasteiger partial charge in [0.15, 0.2) is 11.5 Å². The second-order valence-corrected chi connectivity index (χ2v) is 7.12. The van der Waals surface area contributed by atoms with Gasteiger partial charge in [-0.05, 0) is 24.6 Å². The van der Waals surface area contributed by atoms with Crippen LogP contribution in [0.15, 0.2) is 65.3 Å². The molecule has 0 aliphatic carbocycles. The van der Waals surface area contributed by atoms with E-state index in [-0.39, 0.29) is 24.6 Å². The number of nitrogens with one attached hydrogen (secondary N) is 3. The number of benzene rings is 1. The maximum absolute atomic E-state index is 12.4. The van der Waals surface area contributed by atoms with Crippen LogP contribution in [-0.2, 0) is 4.79 Å². The number of ether oxygens (including phenoxy) is 1. The van der Waals surface area contributed by atoms with Gasteiger partial charge in [-0.1, -0.05) is 30.3 Å². The molecule has 0 radical (unpaired) electrons. The highest BCUT2D eigenvalue weighted by atomic mass is 16.5. The number of amides is 1. The van der Waals surface area contributed by atoms with Crippen molar-refractivity contribution in [2.24, 2.45) is 0 Å². The predicted octanol–water partition coefficient (Wildman–Crippen LogP) is 1.49. The number of hydrogen-bond acceptors (Lipinski definition) is 8. The fourth-order valence-corrected chi connectivity index (χ4v) is 3.47. The highest BCUT2D eigenvalue weighted by Crippen LogP contribution is 2.22. The molecule has 1 aromatic carbocycles. The van der Waals surface area contributed by atoms with E-state index in [1.807, 2.05) is 42.5 Å². The Kier molecular flexibility index (Phi) is 5.29. The molecule has 4 heterocycles. The Balaban J connectivity index is 1.14. The molecule has 1 aliphatic rings. The lowest BCUT2D eigenvalue weighted by Gasteiger charge is -2.11. The lowest BCUT2D eigenvalue weighted by atomic mass is 10.1. The number of fused-ring (bicyclic) bond motifs is 1. The van der Waals surface area contributed by atoms with Crippen LogP contribution in [-0.4, -0.2) is 44.9 Å². The molecule has 2 unspecified atom stereocenters. The molecule has 2 atom stereocenters. The number of rotatable bonds is 7. The van der Waals surface area contributed by atoms with Crippen molar-refractivity contribution < 1.29 is 13.9 Å². The van der Waals surface area contributed by atoms with Crippen molar-refractivity contribution >= 4 is 11.6 Å². The van der Waals surface area contributed by atoms with Gasteiger partial charge < -0.3 is 14.5 Å². The van der Waals surface area contributed by atoms with Crippen LogP contribution >= 0.6 is 0 Å². The Morgan fingerprint density at radius 3 is 2.87 bits per heavy atom. The van der Waals surface area contributed by atoms with Gasteiger partial charge in [0.1, 0.15) is 18.4 Å². The van der Waals surface area contributed by atoms with E-state index >= 15 is 0 Å². The third kappa shape index (κ3) is 4.11. The Bertz CT molecular complexity index is 1160. The molecule has 10 nitrogen and oxygen atoms in total. The molecular weight excluding hydrogens is 398 g/mol. The molecular formula is C21H21N7O3. The minimum atomic E-state index is -0.338. The van der Waals surface area contributed by atoms with Gasteiger partial charge in [0.25, 0.3) is 0 Å². The van der Waals surface area contributed by atoms with Gasteiger partial charge >= 0.3 is 0 Å². The minimum absolute atomic E-state index is 0.0273. The van der Waals surface area contributed by atoms with Crippen molar-refractivity contribution in [2.45, 2.75) is 18.5 Å². The monoisotopic (exact) mass is 419 g/mol. The molecule has 3 N–H and O–H groups in total. The van der Waals surface area contributed by atoms with E-state index in [9.17, 15) is 4.79 Å². The van der Waals surface area contributed by atoms with E-state index < -0.39 is 0 Å². The topological polar surface area (TPSA) is 119 Å². The Labute approximate surface area is 177 Å². The summed E-state index contributed by atoms with van der Waals surface area (Å²) >= 11 is 0. The van der Waals surface area contributed by atoms with Gasteiger partial charge in [0, 0.05) is 11.6 Å². The van der Waals surface area contributed by atoms with Crippen LogP contribution in [0.5, 0.6) is 5.88 Å². The van der Waals surface area contributed by atoms with Crippen LogP contribution in [0.25, 0.3) is 17.0 Å². The SMILES string of the molecule is O=C(NCCOc1ccc2nnc(-c3ccccc3)n2n1)C1CC(c2ccco2)NN1. The summed E-state index contributed by atoms with van der Waals surface area (Å²) in [6.07, 6.45) is 2.23. The molecule has 4 aromatic rings. The predicted molar refractivity (Wildman–Crippen MR) is 111 cm³/mol. The molecule has 1 fully saturated rings. The maximum Gasteiger partial charge on any atom is 0.238 e. The van der Waals surface area contributed by atoms with Crippen molar-refractivity contribution in [3.05, 3.63) is 66.6 Å². The van der Waals surface area contributed by atoms with Gasteiger partial charge in [0.05, 0.1) is 18.8 Å². The first-order valence-electron chi connectivity index (χ1n) is 10.0. The third-order valence-electron chi connectivity index (χ3n) is 5.03. The number of hydrogen-bond donors (Lipinski definition) is 3. The van der Waals surface area contributed by atoms with Gasteiger partial charge in [-0.15, -0.1) is 15.3 Å². The summed E-state index contributed by atoms with van der Waals surface area (Å²) in [6.45, 7) is 0.644. The zero-order valence-corrected chi connectivity index (χ0v) is 16.6. The van der Waals surface area contributed by atoms with E-state index in [1.54, 1.807) is 22.9 Å². The molecule has 31 heavy (non-hydrogen) atoms. The number of carbonyl (C=O) groups excluding carboxylic acids is 1. The average Bonchev–Trinajstić information content (AvgIpc) is 3.57. The smallest absolute Gasteiger partial charge is 0.238 e. The highest BCUT2D eigenvalue weighted by Gasteiger charge is 2.31.